The summed E-state index contributed by atoms with van der Waals surface area (Å²) in [5.74, 6) is 0.795. The van der Waals surface area contributed by atoms with Gasteiger partial charge >= 0.3 is 0 Å². The van der Waals surface area contributed by atoms with Crippen LogP contribution in [0.4, 0.5) is 0 Å². The van der Waals surface area contributed by atoms with E-state index in [1.54, 1.807) is 7.11 Å². The van der Waals surface area contributed by atoms with Gasteiger partial charge in [0, 0.05) is 10.6 Å². The van der Waals surface area contributed by atoms with Crippen LogP contribution in [-0.4, -0.2) is 12.8 Å². The summed E-state index contributed by atoms with van der Waals surface area (Å²) < 4.78 is 20.3. The molecule has 0 spiro atoms. The third kappa shape index (κ3) is 4.23. The smallest absolute Gasteiger partial charge is 0.150 e. The Balaban J connectivity index is 2.23. The number of allylic oxidation sites excluding steroid dienone is 1. The normalized spacial score (nSPS) is 13.0. The lowest BCUT2D eigenvalue weighted by molar-refractivity contribution is 0.414. The van der Waals surface area contributed by atoms with Crippen LogP contribution < -0.4 is 15.3 Å². The molecule has 0 saturated carbocycles. The van der Waals surface area contributed by atoms with Crippen molar-refractivity contribution in [2.24, 2.45) is 5.41 Å². The first-order valence-electron chi connectivity index (χ1n) is 9.82. The summed E-state index contributed by atoms with van der Waals surface area (Å²) >= 11 is 0. The lowest BCUT2D eigenvalue weighted by Crippen LogP contribution is -2.35. The van der Waals surface area contributed by atoms with E-state index < -0.39 is 7.14 Å². The van der Waals surface area contributed by atoms with Gasteiger partial charge < -0.3 is 9.30 Å². The van der Waals surface area contributed by atoms with Gasteiger partial charge in [0.2, 0.25) is 0 Å². The van der Waals surface area contributed by atoms with Crippen LogP contribution >= 0.6 is 7.14 Å². The molecule has 0 unspecified atom stereocenters. The molecule has 29 heavy (non-hydrogen) atoms. The Morgan fingerprint density at radius 3 is 1.66 bits per heavy atom. The molecular formula is C26H29O2P. The van der Waals surface area contributed by atoms with E-state index in [4.69, 9.17) is 4.74 Å². The van der Waals surface area contributed by atoms with Gasteiger partial charge in [-0.1, -0.05) is 100 Å². The first-order valence-corrected chi connectivity index (χ1v) is 11.6. The fourth-order valence-electron chi connectivity index (χ4n) is 4.00. The molecule has 0 aliphatic heterocycles. The van der Waals surface area contributed by atoms with Crippen molar-refractivity contribution in [1.82, 2.24) is 0 Å². The molecule has 0 aliphatic rings. The Bertz CT molecular complexity index is 957. The lowest BCUT2D eigenvalue weighted by atomic mass is 9.85. The maximum Gasteiger partial charge on any atom is 0.150 e. The predicted octanol–water partition coefficient (Wildman–Crippen LogP) is 6.14. The van der Waals surface area contributed by atoms with Gasteiger partial charge in [-0.3, -0.25) is 0 Å². The molecule has 3 aromatic rings. The monoisotopic (exact) mass is 404 g/mol. The van der Waals surface area contributed by atoms with Crippen molar-refractivity contribution in [3.63, 3.8) is 0 Å². The zero-order valence-electron chi connectivity index (χ0n) is 17.6. The molecule has 0 bridgehead atoms. The van der Waals surface area contributed by atoms with E-state index in [1.165, 1.54) is 0 Å². The minimum absolute atomic E-state index is 0.256. The molecule has 3 heteroatoms. The highest BCUT2D eigenvalue weighted by Crippen LogP contribution is 2.59. The second-order valence-electron chi connectivity index (χ2n) is 8.35. The first kappa shape index (κ1) is 21.1. The van der Waals surface area contributed by atoms with E-state index in [9.17, 15) is 0 Å². The van der Waals surface area contributed by atoms with Gasteiger partial charge in [-0.15, -0.1) is 0 Å². The standard InChI is InChI=1S/C26H29O2P/c1-20(21-16-18-22(28-5)19-17-21)25(26(2,3)4)29(27,23-12-8-6-9-13-23)24-14-10-7-11-15-24/h6-19,25H,1H2,2-5H3/t25-/m1/s1. The molecule has 0 N–H and O–H groups in total. The van der Waals surface area contributed by atoms with Crippen LogP contribution in [-0.2, 0) is 4.57 Å². The second kappa shape index (κ2) is 8.43. The van der Waals surface area contributed by atoms with Crippen LogP contribution in [0, 0.1) is 5.41 Å². The van der Waals surface area contributed by atoms with Gasteiger partial charge in [0.25, 0.3) is 0 Å². The average molecular weight is 404 g/mol. The van der Waals surface area contributed by atoms with Gasteiger partial charge in [-0.25, -0.2) is 0 Å². The second-order valence-corrected chi connectivity index (χ2v) is 11.2. The number of hydrogen-bond donors (Lipinski definition) is 0. The summed E-state index contributed by atoms with van der Waals surface area (Å²) in [4.78, 5) is 0. The number of rotatable bonds is 6. The van der Waals surface area contributed by atoms with Crippen LogP contribution in [0.25, 0.3) is 5.57 Å². The highest BCUT2D eigenvalue weighted by atomic mass is 31.2. The zero-order chi connectivity index (χ0) is 21.1. The van der Waals surface area contributed by atoms with Gasteiger partial charge in [0.05, 0.1) is 12.8 Å². The summed E-state index contributed by atoms with van der Waals surface area (Å²) in [7, 11) is -1.37. The summed E-state index contributed by atoms with van der Waals surface area (Å²) in [5, 5.41) is 1.72. The summed E-state index contributed by atoms with van der Waals surface area (Å²) in [6, 6.07) is 27.5. The van der Waals surface area contributed by atoms with E-state index in [2.05, 4.69) is 27.4 Å². The summed E-state index contributed by atoms with van der Waals surface area (Å²) in [6.45, 7) is 10.9. The number of benzene rings is 3. The maximum atomic E-state index is 15.0. The molecular weight excluding hydrogens is 375 g/mol. The SMILES string of the molecule is C=C(c1ccc(OC)cc1)[C@H](C(C)(C)C)P(=O)(c1ccccc1)c1ccccc1. The molecule has 0 aromatic heterocycles. The molecule has 0 heterocycles. The Hall–Kier alpha value is -2.57. The third-order valence-electron chi connectivity index (χ3n) is 5.25. The largest absolute Gasteiger partial charge is 0.497 e. The fourth-order valence-corrected chi connectivity index (χ4v) is 7.80. The van der Waals surface area contributed by atoms with Crippen LogP contribution in [0.2, 0.25) is 0 Å². The van der Waals surface area contributed by atoms with Crippen LogP contribution in [0.3, 0.4) is 0 Å². The van der Waals surface area contributed by atoms with Crippen molar-refractivity contribution in [2.75, 3.05) is 7.11 Å². The van der Waals surface area contributed by atoms with E-state index in [0.717, 1.165) is 27.5 Å². The van der Waals surface area contributed by atoms with E-state index >= 15 is 4.57 Å². The van der Waals surface area contributed by atoms with Crippen LogP contribution in [0.1, 0.15) is 26.3 Å². The minimum atomic E-state index is -3.03. The molecule has 0 amide bonds. The van der Waals surface area contributed by atoms with Crippen LogP contribution in [0.5, 0.6) is 5.75 Å². The van der Waals surface area contributed by atoms with Crippen molar-refractivity contribution in [3.8, 4) is 5.75 Å². The Morgan fingerprint density at radius 1 is 0.828 bits per heavy atom. The van der Waals surface area contributed by atoms with Gasteiger partial charge in [-0.2, -0.15) is 0 Å². The molecule has 3 aromatic carbocycles. The van der Waals surface area contributed by atoms with Gasteiger partial charge in [0.1, 0.15) is 5.75 Å². The number of ether oxygens (including phenoxy) is 1. The van der Waals surface area contributed by atoms with Crippen LogP contribution in [0.15, 0.2) is 91.5 Å². The van der Waals surface area contributed by atoms with E-state index in [1.807, 2.05) is 84.9 Å². The molecule has 150 valence electrons. The molecule has 0 radical (unpaired) electrons. The highest BCUT2D eigenvalue weighted by Gasteiger charge is 2.45. The lowest BCUT2D eigenvalue weighted by Gasteiger charge is -2.39. The molecule has 0 saturated heterocycles. The zero-order valence-corrected chi connectivity index (χ0v) is 18.5. The van der Waals surface area contributed by atoms with Crippen molar-refractivity contribution >= 4 is 23.3 Å². The summed E-state index contributed by atoms with van der Waals surface area (Å²) in [5.41, 5.74) is 1.35. The first-order chi connectivity index (χ1) is 13.8. The van der Waals surface area contributed by atoms with E-state index in [-0.39, 0.29) is 11.1 Å². The number of methoxy groups -OCH3 is 1. The third-order valence-corrected chi connectivity index (χ3v) is 9.20. The van der Waals surface area contributed by atoms with Crippen molar-refractivity contribution in [3.05, 3.63) is 97.1 Å². The molecule has 2 nitrogen and oxygen atoms in total. The average Bonchev–Trinajstić information content (AvgIpc) is 2.74. The molecule has 0 fully saturated rings. The Kier molecular flexibility index (Phi) is 6.15. The van der Waals surface area contributed by atoms with Crippen molar-refractivity contribution in [1.29, 1.82) is 0 Å². The molecule has 1 atom stereocenters. The molecule has 3 rings (SSSR count). The predicted molar refractivity (Wildman–Crippen MR) is 125 cm³/mol. The maximum absolute atomic E-state index is 15.0. The Labute approximate surface area is 174 Å². The quantitative estimate of drug-likeness (QED) is 0.462. The van der Waals surface area contributed by atoms with Crippen molar-refractivity contribution in [2.45, 2.75) is 26.4 Å². The van der Waals surface area contributed by atoms with Gasteiger partial charge in [0.15, 0.2) is 7.14 Å². The topological polar surface area (TPSA) is 26.3 Å². The minimum Gasteiger partial charge on any atom is -0.497 e. The molecule has 0 aliphatic carbocycles. The Morgan fingerprint density at radius 2 is 1.28 bits per heavy atom. The van der Waals surface area contributed by atoms with Gasteiger partial charge in [-0.05, 0) is 28.7 Å². The highest BCUT2D eigenvalue weighted by molar-refractivity contribution is 7.79. The van der Waals surface area contributed by atoms with E-state index in [0.29, 0.717) is 0 Å². The fraction of sp³-hybridized carbons (Fsp3) is 0.231. The number of hydrogen-bond acceptors (Lipinski definition) is 2. The van der Waals surface area contributed by atoms with Crippen molar-refractivity contribution < 1.29 is 9.30 Å². The summed E-state index contributed by atoms with van der Waals surface area (Å²) in [6.07, 6.45) is 0.